The summed E-state index contributed by atoms with van der Waals surface area (Å²) in [5.41, 5.74) is -0.757. The molecule has 0 aliphatic carbocycles. The van der Waals surface area contributed by atoms with Crippen molar-refractivity contribution in [1.29, 1.82) is 0 Å². The predicted molar refractivity (Wildman–Crippen MR) is 149 cm³/mol. The van der Waals surface area contributed by atoms with Crippen LogP contribution in [-0.2, 0) is 37.9 Å². The Hall–Kier alpha value is -2.30. The van der Waals surface area contributed by atoms with Crippen molar-refractivity contribution in [2.45, 2.75) is 6.29 Å². The Labute approximate surface area is 247 Å². The van der Waals surface area contributed by atoms with Gasteiger partial charge in [-0.1, -0.05) is 21.6 Å². The summed E-state index contributed by atoms with van der Waals surface area (Å²) in [6.45, 7) is 0.879. The van der Waals surface area contributed by atoms with Gasteiger partial charge in [0, 0.05) is 37.9 Å². The Morgan fingerprint density at radius 2 is 1.27 bits per heavy atom. The molecule has 1 aromatic rings. The average Bonchev–Trinajstić information content (AvgIpc) is 3.47. The van der Waals surface area contributed by atoms with Gasteiger partial charge >= 0.3 is 12.3 Å². The van der Waals surface area contributed by atoms with Crippen molar-refractivity contribution >= 4 is 33.9 Å². The normalized spacial score (nSPS) is 21.5. The number of carbonyl (C=O) groups is 2. The van der Waals surface area contributed by atoms with E-state index in [1.165, 1.54) is 21.3 Å². The molecule has 0 bridgehead atoms. The molecule has 0 atom stereocenters. The molecular weight excluding hydrogens is 584 g/mol. The molecule has 0 spiro atoms. The van der Waals surface area contributed by atoms with E-state index < -0.39 is 29.4 Å². The number of benzene rings is 1. The standard InChI is InChI=1S/C26H38O13S2/c1-29-6-7-34-23(27)38-14-26(16-40-41-17-26)15-39-24(28)37-13-25(10-30-2)11-35-22(36-12-25)21-19(32-4)8-18(31-3)9-20(21)33-5/h8-9,22H,6-7,10-17H2,1-5H3. The molecule has 0 N–H and O–H groups in total. The summed E-state index contributed by atoms with van der Waals surface area (Å²) >= 11 is 0. The Morgan fingerprint density at radius 1 is 0.732 bits per heavy atom. The molecule has 232 valence electrons. The van der Waals surface area contributed by atoms with Crippen molar-refractivity contribution in [1.82, 2.24) is 0 Å². The predicted octanol–water partition coefficient (Wildman–Crippen LogP) is 3.72. The fourth-order valence-electron chi connectivity index (χ4n) is 4.05. The highest BCUT2D eigenvalue weighted by Gasteiger charge is 2.42. The van der Waals surface area contributed by atoms with Crippen molar-refractivity contribution in [2.24, 2.45) is 10.8 Å². The zero-order chi connectivity index (χ0) is 29.7. The van der Waals surface area contributed by atoms with Crippen molar-refractivity contribution in [3.05, 3.63) is 17.7 Å². The van der Waals surface area contributed by atoms with Crippen molar-refractivity contribution in [3.8, 4) is 17.2 Å². The van der Waals surface area contributed by atoms with Crippen LogP contribution in [0.5, 0.6) is 17.2 Å². The lowest BCUT2D eigenvalue weighted by atomic mass is 9.91. The van der Waals surface area contributed by atoms with Crippen LogP contribution in [0.2, 0.25) is 0 Å². The van der Waals surface area contributed by atoms with Crippen molar-refractivity contribution < 1.29 is 61.7 Å². The number of carbonyl (C=O) groups excluding carboxylic acids is 2. The van der Waals surface area contributed by atoms with Gasteiger partial charge in [-0.2, -0.15) is 0 Å². The fraction of sp³-hybridized carbons (Fsp3) is 0.692. The Kier molecular flexibility index (Phi) is 13.3. The van der Waals surface area contributed by atoms with Gasteiger partial charge in [-0.3, -0.25) is 0 Å². The van der Waals surface area contributed by atoms with Crippen LogP contribution in [0.25, 0.3) is 0 Å². The molecular formula is C26H38O13S2. The van der Waals surface area contributed by atoms with E-state index in [0.29, 0.717) is 34.3 Å². The number of ether oxygens (including phenoxy) is 11. The number of methoxy groups -OCH3 is 5. The van der Waals surface area contributed by atoms with Gasteiger partial charge in [0.25, 0.3) is 0 Å². The second-order valence-electron chi connectivity index (χ2n) is 9.56. The molecule has 0 aromatic heterocycles. The van der Waals surface area contributed by atoms with Crippen molar-refractivity contribution in [3.63, 3.8) is 0 Å². The maximum Gasteiger partial charge on any atom is 0.508 e. The van der Waals surface area contributed by atoms with E-state index in [0.717, 1.165) is 0 Å². The minimum atomic E-state index is -0.856. The Bertz CT molecular complexity index is 953. The monoisotopic (exact) mass is 622 g/mol. The van der Waals surface area contributed by atoms with Crippen LogP contribution in [0.3, 0.4) is 0 Å². The molecule has 2 heterocycles. The summed E-state index contributed by atoms with van der Waals surface area (Å²) in [6.07, 6.45) is -2.45. The maximum atomic E-state index is 12.6. The second kappa shape index (κ2) is 16.4. The summed E-state index contributed by atoms with van der Waals surface area (Å²) in [5, 5.41) is 0. The van der Waals surface area contributed by atoms with E-state index in [1.807, 2.05) is 0 Å². The zero-order valence-corrected chi connectivity index (χ0v) is 25.6. The number of hydrogen-bond acceptors (Lipinski definition) is 15. The highest BCUT2D eigenvalue weighted by Crippen LogP contribution is 2.45. The molecule has 0 amide bonds. The van der Waals surface area contributed by atoms with E-state index >= 15 is 0 Å². The molecule has 0 unspecified atom stereocenters. The first-order valence-electron chi connectivity index (χ1n) is 12.7. The molecule has 2 fully saturated rings. The van der Waals surface area contributed by atoms with Gasteiger partial charge in [-0.25, -0.2) is 9.59 Å². The maximum absolute atomic E-state index is 12.6. The smallest absolute Gasteiger partial charge is 0.496 e. The molecule has 0 saturated carbocycles. The van der Waals surface area contributed by atoms with Crippen LogP contribution in [0, 0.1) is 10.8 Å². The summed E-state index contributed by atoms with van der Waals surface area (Å²) in [7, 11) is 10.9. The third kappa shape index (κ3) is 9.35. The molecule has 1 aromatic carbocycles. The van der Waals surface area contributed by atoms with Gasteiger partial charge in [-0.15, -0.1) is 0 Å². The van der Waals surface area contributed by atoms with Crippen LogP contribution in [-0.4, -0.2) is 112 Å². The first-order valence-corrected chi connectivity index (χ1v) is 15.2. The Morgan fingerprint density at radius 3 is 1.76 bits per heavy atom. The summed E-state index contributed by atoms with van der Waals surface area (Å²) in [6, 6.07) is 3.43. The van der Waals surface area contributed by atoms with Gasteiger partial charge < -0.3 is 52.1 Å². The van der Waals surface area contributed by atoms with E-state index in [4.69, 9.17) is 52.1 Å². The van der Waals surface area contributed by atoms with E-state index in [-0.39, 0.29) is 52.9 Å². The van der Waals surface area contributed by atoms with E-state index in [9.17, 15) is 9.59 Å². The van der Waals surface area contributed by atoms with Crippen molar-refractivity contribution in [2.75, 3.05) is 99.9 Å². The summed E-state index contributed by atoms with van der Waals surface area (Å²) in [5.74, 6) is 2.78. The largest absolute Gasteiger partial charge is 0.508 e. The lowest BCUT2D eigenvalue weighted by molar-refractivity contribution is -0.251. The minimum Gasteiger partial charge on any atom is -0.496 e. The quantitative estimate of drug-likeness (QED) is 0.160. The van der Waals surface area contributed by atoms with Gasteiger partial charge in [0.2, 0.25) is 0 Å². The van der Waals surface area contributed by atoms with Crippen LogP contribution in [0.1, 0.15) is 11.9 Å². The number of hydrogen-bond donors (Lipinski definition) is 0. The summed E-state index contributed by atoms with van der Waals surface area (Å²) < 4.78 is 59.8. The van der Waals surface area contributed by atoms with Crippen LogP contribution in [0.15, 0.2) is 12.1 Å². The first-order chi connectivity index (χ1) is 19.8. The van der Waals surface area contributed by atoms with Crippen LogP contribution >= 0.6 is 21.6 Å². The second-order valence-corrected chi connectivity index (χ2v) is 12.0. The van der Waals surface area contributed by atoms with Gasteiger partial charge in [-0.05, 0) is 0 Å². The van der Waals surface area contributed by atoms with Crippen LogP contribution in [0.4, 0.5) is 9.59 Å². The van der Waals surface area contributed by atoms with Gasteiger partial charge in [0.15, 0.2) is 6.29 Å². The first kappa shape index (κ1) is 33.2. The highest BCUT2D eigenvalue weighted by molar-refractivity contribution is 8.77. The molecule has 15 heteroatoms. The number of rotatable bonds is 15. The third-order valence-electron chi connectivity index (χ3n) is 6.33. The lowest BCUT2D eigenvalue weighted by Crippen LogP contribution is -2.46. The molecule has 13 nitrogen and oxygen atoms in total. The molecule has 2 aliphatic heterocycles. The van der Waals surface area contributed by atoms with Gasteiger partial charge in [0.05, 0.1) is 64.2 Å². The zero-order valence-electron chi connectivity index (χ0n) is 23.9. The van der Waals surface area contributed by atoms with Crippen LogP contribution < -0.4 is 14.2 Å². The van der Waals surface area contributed by atoms with Gasteiger partial charge in [0.1, 0.15) is 43.7 Å². The molecule has 3 rings (SSSR count). The SMILES string of the molecule is COCCOC(=O)OCC1(COC(=O)OCC2(COC)COC(c3c(OC)cc(OC)cc3OC)OC2)CSSC1. The third-order valence-corrected chi connectivity index (χ3v) is 9.16. The molecule has 41 heavy (non-hydrogen) atoms. The lowest BCUT2D eigenvalue weighted by Gasteiger charge is -2.39. The topological polar surface area (TPSA) is 136 Å². The Balaban J connectivity index is 1.54. The molecule has 0 radical (unpaired) electrons. The fourth-order valence-corrected chi connectivity index (χ4v) is 7.39. The highest BCUT2D eigenvalue weighted by atomic mass is 33.1. The van der Waals surface area contributed by atoms with E-state index in [2.05, 4.69) is 0 Å². The van der Waals surface area contributed by atoms with E-state index in [1.54, 1.807) is 47.9 Å². The molecule has 2 saturated heterocycles. The molecule has 2 aliphatic rings. The average molecular weight is 623 g/mol. The minimum absolute atomic E-state index is 0.0145. The summed E-state index contributed by atoms with van der Waals surface area (Å²) in [4.78, 5) is 24.4.